The van der Waals surface area contributed by atoms with Gasteiger partial charge < -0.3 is 23.8 Å². The number of rotatable bonds is 2. The van der Waals surface area contributed by atoms with E-state index in [0.717, 1.165) is 6.42 Å². The molecule has 0 unspecified atom stereocenters. The molecule has 0 aliphatic carbocycles. The molecule has 2 aromatic rings. The maximum absolute atomic E-state index is 13.1. The van der Waals surface area contributed by atoms with E-state index in [4.69, 9.17) is 15.7 Å². The number of carbonyl (C=O) groups is 2. The lowest BCUT2D eigenvalue weighted by Crippen LogP contribution is -2.43. The first kappa shape index (κ1) is 20.8. The first-order chi connectivity index (χ1) is 14.7. The molecule has 0 saturated carbocycles. The summed E-state index contributed by atoms with van der Waals surface area (Å²) in [5.74, 6) is 0.539. The summed E-state index contributed by atoms with van der Waals surface area (Å²) in [6.45, 7) is 15.6. The lowest BCUT2D eigenvalue weighted by Gasteiger charge is -2.28. The van der Waals surface area contributed by atoms with Crippen molar-refractivity contribution in [2.45, 2.75) is 51.8 Å². The number of fused-ring (bicyclic) bond motifs is 1. The fourth-order valence-electron chi connectivity index (χ4n) is 4.35. The average molecular weight is 423 g/mol. The van der Waals surface area contributed by atoms with Gasteiger partial charge in [-0.05, 0) is 46.2 Å². The van der Waals surface area contributed by atoms with Gasteiger partial charge in [0, 0.05) is 30.6 Å². The molecule has 0 spiro atoms. The SMILES string of the molecule is [C-]#[N+]c1cc(-c2cnc(C(=O)N3CC[C@@H]4[C@H](C)N(C(=O)OC(C)(C)C)C[C@@H]43)o2)ccn1. The third-order valence-corrected chi connectivity index (χ3v) is 5.81. The number of nitrogens with zero attached hydrogens (tertiary/aromatic N) is 5. The Balaban J connectivity index is 1.50. The largest absolute Gasteiger partial charge is 0.444 e. The van der Waals surface area contributed by atoms with Gasteiger partial charge in [-0.25, -0.2) is 9.78 Å². The third kappa shape index (κ3) is 3.98. The number of aromatic nitrogens is 2. The van der Waals surface area contributed by atoms with Crippen LogP contribution < -0.4 is 0 Å². The van der Waals surface area contributed by atoms with Crippen molar-refractivity contribution in [3.63, 3.8) is 0 Å². The Labute approximate surface area is 180 Å². The molecular formula is C22H25N5O4. The molecule has 9 nitrogen and oxygen atoms in total. The fourth-order valence-corrected chi connectivity index (χ4v) is 4.35. The van der Waals surface area contributed by atoms with Gasteiger partial charge in [0.15, 0.2) is 5.76 Å². The molecule has 0 radical (unpaired) electrons. The molecule has 4 heterocycles. The molecule has 0 N–H and O–H groups in total. The van der Waals surface area contributed by atoms with Crippen molar-refractivity contribution in [3.8, 4) is 11.3 Å². The van der Waals surface area contributed by atoms with Gasteiger partial charge in [-0.1, -0.05) is 6.57 Å². The van der Waals surface area contributed by atoms with Crippen molar-refractivity contribution in [2.24, 2.45) is 5.92 Å². The standard InChI is InChI=1S/C22H25N5O4/c1-13-15-7-9-26(16(15)12-27(13)21(29)31-22(2,3)4)20(28)19-25-11-17(30-19)14-6-8-24-18(10-14)23-5/h6,8,10-11,13,15-16H,7,9,12H2,1-4H3/t13-,15+,16-/m0/s1. The summed E-state index contributed by atoms with van der Waals surface area (Å²) in [6.07, 6.45) is 3.45. The average Bonchev–Trinajstić information content (AvgIpc) is 3.43. The van der Waals surface area contributed by atoms with Crippen LogP contribution in [0.5, 0.6) is 0 Å². The quantitative estimate of drug-likeness (QED) is 0.683. The molecule has 2 saturated heterocycles. The van der Waals surface area contributed by atoms with E-state index in [9.17, 15) is 9.59 Å². The Hall–Kier alpha value is -3.41. The van der Waals surface area contributed by atoms with Crippen LogP contribution in [0.15, 0.2) is 28.9 Å². The minimum atomic E-state index is -0.571. The summed E-state index contributed by atoms with van der Waals surface area (Å²) in [5.41, 5.74) is 0.0656. The maximum atomic E-state index is 13.1. The number of pyridine rings is 1. The maximum Gasteiger partial charge on any atom is 0.410 e. The van der Waals surface area contributed by atoms with Gasteiger partial charge in [0.05, 0.1) is 12.2 Å². The van der Waals surface area contributed by atoms with Gasteiger partial charge in [-0.15, -0.1) is 4.98 Å². The minimum absolute atomic E-state index is 0.000181. The van der Waals surface area contributed by atoms with Gasteiger partial charge in [0.2, 0.25) is 0 Å². The molecule has 0 bridgehead atoms. The zero-order valence-corrected chi connectivity index (χ0v) is 18.0. The number of ether oxygens (including phenoxy) is 1. The zero-order valence-electron chi connectivity index (χ0n) is 18.0. The van der Waals surface area contributed by atoms with Crippen molar-refractivity contribution in [1.82, 2.24) is 19.8 Å². The molecule has 2 aromatic heterocycles. The van der Waals surface area contributed by atoms with Gasteiger partial charge in [-0.2, -0.15) is 0 Å². The van der Waals surface area contributed by atoms with Crippen molar-refractivity contribution in [3.05, 3.63) is 41.8 Å². The van der Waals surface area contributed by atoms with Gasteiger partial charge in [0.25, 0.3) is 11.7 Å². The van der Waals surface area contributed by atoms with E-state index >= 15 is 0 Å². The summed E-state index contributed by atoms with van der Waals surface area (Å²) >= 11 is 0. The molecule has 2 amide bonds. The molecule has 3 atom stereocenters. The summed E-state index contributed by atoms with van der Waals surface area (Å²) in [6, 6.07) is 3.18. The minimum Gasteiger partial charge on any atom is -0.444 e. The van der Waals surface area contributed by atoms with Crippen molar-refractivity contribution in [1.29, 1.82) is 0 Å². The van der Waals surface area contributed by atoms with Gasteiger partial charge in [0.1, 0.15) is 11.8 Å². The Morgan fingerprint density at radius 2 is 2.06 bits per heavy atom. The highest BCUT2D eigenvalue weighted by Gasteiger charge is 2.50. The van der Waals surface area contributed by atoms with Crippen LogP contribution in [-0.2, 0) is 4.74 Å². The number of amides is 2. The van der Waals surface area contributed by atoms with Crippen molar-refractivity contribution >= 4 is 17.8 Å². The van der Waals surface area contributed by atoms with Crippen molar-refractivity contribution < 1.29 is 18.7 Å². The molecule has 0 aromatic carbocycles. The lowest BCUT2D eigenvalue weighted by molar-refractivity contribution is 0.0206. The summed E-state index contributed by atoms with van der Waals surface area (Å²) in [5, 5.41) is 0. The van der Waals surface area contributed by atoms with E-state index in [-0.39, 0.29) is 41.7 Å². The van der Waals surface area contributed by atoms with E-state index in [1.165, 1.54) is 12.4 Å². The Kier molecular flexibility index (Phi) is 5.17. The van der Waals surface area contributed by atoms with Crippen LogP contribution in [0.4, 0.5) is 10.6 Å². The van der Waals surface area contributed by atoms with Crippen LogP contribution in [-0.4, -0.2) is 62.5 Å². The zero-order chi connectivity index (χ0) is 22.3. The number of likely N-dealkylation sites (tertiary alicyclic amines) is 2. The Bertz CT molecular complexity index is 1050. The molecule has 2 fully saturated rings. The first-order valence-corrected chi connectivity index (χ1v) is 10.3. The van der Waals surface area contributed by atoms with Crippen LogP contribution in [0.2, 0.25) is 0 Å². The highest BCUT2D eigenvalue weighted by molar-refractivity contribution is 5.90. The Morgan fingerprint density at radius 3 is 2.77 bits per heavy atom. The molecule has 4 rings (SSSR count). The fraction of sp³-hybridized carbons (Fsp3) is 0.500. The van der Waals surface area contributed by atoms with E-state index in [0.29, 0.717) is 24.4 Å². The lowest BCUT2D eigenvalue weighted by atomic mass is 9.98. The van der Waals surface area contributed by atoms with E-state index in [2.05, 4.69) is 14.8 Å². The van der Waals surface area contributed by atoms with Gasteiger partial charge >= 0.3 is 12.0 Å². The molecule has 9 heteroatoms. The highest BCUT2D eigenvalue weighted by atomic mass is 16.6. The van der Waals surface area contributed by atoms with Crippen LogP contribution in [0.25, 0.3) is 16.2 Å². The van der Waals surface area contributed by atoms with Crippen molar-refractivity contribution in [2.75, 3.05) is 13.1 Å². The van der Waals surface area contributed by atoms with E-state index in [1.54, 1.807) is 21.9 Å². The molecular weight excluding hydrogens is 398 g/mol. The predicted octanol–water partition coefficient (Wildman–Crippen LogP) is 3.76. The normalized spacial score (nSPS) is 22.9. The van der Waals surface area contributed by atoms with Crippen LogP contribution in [0.3, 0.4) is 0 Å². The van der Waals surface area contributed by atoms with Crippen LogP contribution in [0, 0.1) is 12.5 Å². The topological polar surface area (TPSA) is 93.1 Å². The second-order valence-corrected chi connectivity index (χ2v) is 8.94. The second-order valence-electron chi connectivity index (χ2n) is 8.94. The predicted molar refractivity (Wildman–Crippen MR) is 111 cm³/mol. The molecule has 2 aliphatic heterocycles. The number of carbonyl (C=O) groups excluding carboxylic acids is 2. The highest BCUT2D eigenvalue weighted by Crippen LogP contribution is 2.38. The van der Waals surface area contributed by atoms with E-state index < -0.39 is 5.60 Å². The van der Waals surface area contributed by atoms with E-state index in [1.807, 2.05) is 27.7 Å². The Morgan fingerprint density at radius 1 is 1.29 bits per heavy atom. The molecule has 2 aliphatic rings. The number of hydrogen-bond donors (Lipinski definition) is 0. The number of oxazole rings is 1. The second kappa shape index (κ2) is 7.69. The monoisotopic (exact) mass is 423 g/mol. The molecule has 31 heavy (non-hydrogen) atoms. The molecule has 162 valence electrons. The van der Waals surface area contributed by atoms with Crippen LogP contribution in [0.1, 0.15) is 44.8 Å². The summed E-state index contributed by atoms with van der Waals surface area (Å²) in [7, 11) is 0. The van der Waals surface area contributed by atoms with Gasteiger partial charge in [-0.3, -0.25) is 4.79 Å². The smallest absolute Gasteiger partial charge is 0.410 e. The summed E-state index contributed by atoms with van der Waals surface area (Å²) < 4.78 is 11.3. The third-order valence-electron chi connectivity index (χ3n) is 5.81. The number of hydrogen-bond acceptors (Lipinski definition) is 6. The summed E-state index contributed by atoms with van der Waals surface area (Å²) in [4.78, 5) is 40.6. The first-order valence-electron chi connectivity index (χ1n) is 10.3. The van der Waals surface area contributed by atoms with Crippen LogP contribution >= 0.6 is 0 Å².